The molecule has 2 fully saturated rings. The number of hydrogen-bond donors (Lipinski definition) is 0. The largest absolute Gasteiger partial charge is 0.300 e. The summed E-state index contributed by atoms with van der Waals surface area (Å²) in [5.74, 6) is 0.700. The van der Waals surface area contributed by atoms with Crippen molar-refractivity contribution in [3.8, 4) is 0 Å². The number of pyridine rings is 1. The van der Waals surface area contributed by atoms with E-state index in [-0.39, 0.29) is 0 Å². The molecule has 0 bridgehead atoms. The zero-order chi connectivity index (χ0) is 12.2. The van der Waals surface area contributed by atoms with Crippen LogP contribution < -0.4 is 0 Å². The average Bonchev–Trinajstić information content (AvgIpc) is 2.49. The minimum Gasteiger partial charge on any atom is -0.300 e. The van der Waals surface area contributed by atoms with Crippen molar-refractivity contribution in [1.82, 2.24) is 9.88 Å². The van der Waals surface area contributed by atoms with Crippen LogP contribution in [0.2, 0.25) is 0 Å². The van der Waals surface area contributed by atoms with Gasteiger partial charge in [-0.2, -0.15) is 0 Å². The van der Waals surface area contributed by atoms with Gasteiger partial charge in [0.15, 0.2) is 0 Å². The Bertz CT molecular complexity index is 349. The van der Waals surface area contributed by atoms with Crippen molar-refractivity contribution in [2.75, 3.05) is 13.1 Å². The van der Waals surface area contributed by atoms with Gasteiger partial charge in [0.05, 0.1) is 0 Å². The quantitative estimate of drug-likeness (QED) is 0.790. The van der Waals surface area contributed by atoms with E-state index >= 15 is 0 Å². The number of piperidine rings is 1. The lowest BCUT2D eigenvalue weighted by molar-refractivity contribution is 0.121. The molecule has 0 radical (unpaired) electrons. The van der Waals surface area contributed by atoms with Gasteiger partial charge < -0.3 is 4.90 Å². The Morgan fingerprint density at radius 1 is 0.944 bits per heavy atom. The fraction of sp³-hybridized carbons (Fsp3) is 0.688. The van der Waals surface area contributed by atoms with E-state index in [0.717, 1.165) is 6.04 Å². The molecule has 0 amide bonds. The average molecular weight is 244 g/mol. The molecule has 0 aromatic carbocycles. The molecular weight excluding hydrogens is 220 g/mol. The fourth-order valence-electron chi connectivity index (χ4n) is 3.62. The summed E-state index contributed by atoms with van der Waals surface area (Å²) in [6.45, 7) is 2.57. The lowest BCUT2D eigenvalue weighted by Crippen LogP contribution is -2.42. The molecule has 1 aromatic heterocycles. The van der Waals surface area contributed by atoms with Crippen molar-refractivity contribution >= 4 is 0 Å². The molecule has 0 atom stereocenters. The highest BCUT2D eigenvalue weighted by molar-refractivity contribution is 5.10. The predicted octanol–water partition coefficient (Wildman–Crippen LogP) is 3.59. The molecule has 18 heavy (non-hydrogen) atoms. The van der Waals surface area contributed by atoms with E-state index in [4.69, 9.17) is 0 Å². The zero-order valence-electron chi connectivity index (χ0n) is 11.2. The Hall–Kier alpha value is -0.890. The topological polar surface area (TPSA) is 16.1 Å². The van der Waals surface area contributed by atoms with Crippen molar-refractivity contribution in [3.63, 3.8) is 0 Å². The molecule has 2 heterocycles. The number of nitrogens with zero attached hydrogens (tertiary/aromatic N) is 2. The molecule has 1 aliphatic carbocycles. The van der Waals surface area contributed by atoms with Crippen LogP contribution in [0, 0.1) is 0 Å². The smallest absolute Gasteiger partial charge is 0.0435 e. The second-order valence-corrected chi connectivity index (χ2v) is 5.86. The monoisotopic (exact) mass is 244 g/mol. The molecule has 2 heteroatoms. The van der Waals surface area contributed by atoms with Crippen molar-refractivity contribution in [2.45, 2.75) is 56.9 Å². The first-order valence-corrected chi connectivity index (χ1v) is 7.58. The summed E-state index contributed by atoms with van der Waals surface area (Å²) in [6.07, 6.45) is 11.8. The number of hydrogen-bond acceptors (Lipinski definition) is 2. The summed E-state index contributed by atoms with van der Waals surface area (Å²) in [5, 5.41) is 0. The maximum atomic E-state index is 4.52. The summed E-state index contributed by atoms with van der Waals surface area (Å²) in [4.78, 5) is 7.27. The van der Waals surface area contributed by atoms with Crippen LogP contribution in [0.5, 0.6) is 0 Å². The maximum absolute atomic E-state index is 4.52. The van der Waals surface area contributed by atoms with Gasteiger partial charge in [0.25, 0.3) is 0 Å². The van der Waals surface area contributed by atoms with E-state index in [1.165, 1.54) is 63.7 Å². The molecule has 1 aliphatic heterocycles. The summed E-state index contributed by atoms with van der Waals surface area (Å²) >= 11 is 0. The summed E-state index contributed by atoms with van der Waals surface area (Å²) in [7, 11) is 0. The summed E-state index contributed by atoms with van der Waals surface area (Å²) < 4.78 is 0. The lowest BCUT2D eigenvalue weighted by Gasteiger charge is -2.39. The Morgan fingerprint density at radius 2 is 1.72 bits per heavy atom. The van der Waals surface area contributed by atoms with Crippen molar-refractivity contribution in [3.05, 3.63) is 30.1 Å². The molecule has 1 saturated heterocycles. The van der Waals surface area contributed by atoms with Gasteiger partial charge in [0.2, 0.25) is 0 Å². The lowest BCUT2D eigenvalue weighted by atomic mass is 9.89. The van der Waals surface area contributed by atoms with Gasteiger partial charge in [0, 0.05) is 23.9 Å². The Kier molecular flexibility index (Phi) is 3.94. The Labute approximate surface area is 110 Å². The van der Waals surface area contributed by atoms with Gasteiger partial charge in [-0.05, 0) is 50.9 Å². The van der Waals surface area contributed by atoms with Gasteiger partial charge in [-0.25, -0.2) is 0 Å². The molecule has 0 N–H and O–H groups in total. The molecule has 98 valence electrons. The highest BCUT2D eigenvalue weighted by Crippen LogP contribution is 2.30. The van der Waals surface area contributed by atoms with Gasteiger partial charge in [-0.3, -0.25) is 4.98 Å². The third-order valence-corrected chi connectivity index (χ3v) is 4.73. The first kappa shape index (κ1) is 12.2. The van der Waals surface area contributed by atoms with Crippen LogP contribution in [0.4, 0.5) is 0 Å². The van der Waals surface area contributed by atoms with E-state index in [0.29, 0.717) is 5.92 Å². The molecule has 1 aromatic rings. The minimum absolute atomic E-state index is 0.700. The third-order valence-electron chi connectivity index (χ3n) is 4.73. The van der Waals surface area contributed by atoms with Gasteiger partial charge in [-0.15, -0.1) is 0 Å². The van der Waals surface area contributed by atoms with Crippen LogP contribution in [-0.2, 0) is 0 Å². The number of aromatic nitrogens is 1. The first-order valence-electron chi connectivity index (χ1n) is 7.58. The molecular formula is C16H24N2. The highest BCUT2D eigenvalue weighted by atomic mass is 15.2. The first-order chi connectivity index (χ1) is 8.93. The third kappa shape index (κ3) is 2.74. The molecule has 0 unspecified atom stereocenters. The fourth-order valence-corrected chi connectivity index (χ4v) is 3.62. The Balaban J connectivity index is 1.54. The van der Waals surface area contributed by atoms with Crippen LogP contribution in [0.15, 0.2) is 24.4 Å². The van der Waals surface area contributed by atoms with Gasteiger partial charge in [-0.1, -0.05) is 25.3 Å². The van der Waals surface area contributed by atoms with Crippen molar-refractivity contribution < 1.29 is 0 Å². The minimum atomic E-state index is 0.700. The van der Waals surface area contributed by atoms with Crippen molar-refractivity contribution in [2.24, 2.45) is 0 Å². The van der Waals surface area contributed by atoms with Crippen LogP contribution in [-0.4, -0.2) is 29.0 Å². The van der Waals surface area contributed by atoms with E-state index in [2.05, 4.69) is 22.0 Å². The van der Waals surface area contributed by atoms with Crippen LogP contribution >= 0.6 is 0 Å². The molecule has 1 saturated carbocycles. The second kappa shape index (κ2) is 5.83. The molecule has 2 aliphatic rings. The van der Waals surface area contributed by atoms with Crippen LogP contribution in [0.1, 0.15) is 56.6 Å². The van der Waals surface area contributed by atoms with Crippen LogP contribution in [0.25, 0.3) is 0 Å². The van der Waals surface area contributed by atoms with E-state index in [1.807, 2.05) is 12.3 Å². The molecule has 3 rings (SSSR count). The number of rotatable bonds is 2. The van der Waals surface area contributed by atoms with E-state index in [9.17, 15) is 0 Å². The SMILES string of the molecule is c1ccc(C2CCN(C3CCCCC3)CC2)nc1. The predicted molar refractivity (Wildman–Crippen MR) is 74.7 cm³/mol. The normalized spacial score (nSPS) is 24.2. The second-order valence-electron chi connectivity index (χ2n) is 5.86. The standard InChI is InChI=1S/C16H24N2/c1-2-6-15(7-3-1)18-12-9-14(10-13-18)16-8-4-5-11-17-16/h4-5,8,11,14-15H,1-3,6-7,9-10,12-13H2. The van der Waals surface area contributed by atoms with Crippen molar-refractivity contribution in [1.29, 1.82) is 0 Å². The summed E-state index contributed by atoms with van der Waals surface area (Å²) in [5.41, 5.74) is 1.31. The van der Waals surface area contributed by atoms with E-state index in [1.54, 1.807) is 0 Å². The van der Waals surface area contributed by atoms with Gasteiger partial charge in [0.1, 0.15) is 0 Å². The zero-order valence-corrected chi connectivity index (χ0v) is 11.2. The Morgan fingerprint density at radius 3 is 2.39 bits per heavy atom. The van der Waals surface area contributed by atoms with Crippen LogP contribution in [0.3, 0.4) is 0 Å². The van der Waals surface area contributed by atoms with E-state index < -0.39 is 0 Å². The maximum Gasteiger partial charge on any atom is 0.0435 e. The molecule has 2 nitrogen and oxygen atoms in total. The number of likely N-dealkylation sites (tertiary alicyclic amines) is 1. The highest BCUT2D eigenvalue weighted by Gasteiger charge is 2.26. The molecule has 0 spiro atoms. The summed E-state index contributed by atoms with van der Waals surface area (Å²) in [6, 6.07) is 7.22. The van der Waals surface area contributed by atoms with Gasteiger partial charge >= 0.3 is 0 Å².